The van der Waals surface area contributed by atoms with Crippen molar-refractivity contribution < 1.29 is 0 Å². The van der Waals surface area contributed by atoms with E-state index in [9.17, 15) is 0 Å². The quantitative estimate of drug-likeness (QED) is 0.378. The Hall–Kier alpha value is -3.56. The van der Waals surface area contributed by atoms with Crippen LogP contribution in [0.1, 0.15) is 51.7 Å². The molecule has 0 amide bonds. The van der Waals surface area contributed by atoms with Crippen molar-refractivity contribution in [3.8, 4) is 11.1 Å². The van der Waals surface area contributed by atoms with Crippen LogP contribution in [-0.2, 0) is 0 Å². The third kappa shape index (κ3) is 3.71. The Bertz CT molecular complexity index is 1550. The van der Waals surface area contributed by atoms with E-state index in [0.717, 1.165) is 35.7 Å². The van der Waals surface area contributed by atoms with Crippen LogP contribution in [-0.4, -0.2) is 11.4 Å². The molecule has 5 aliphatic rings. The molecule has 0 N–H and O–H groups in total. The van der Waals surface area contributed by atoms with Crippen LogP contribution in [0.4, 0.5) is 0 Å². The Morgan fingerprint density at radius 2 is 1.11 bits per heavy atom. The molecule has 4 heterocycles. The van der Waals surface area contributed by atoms with Crippen molar-refractivity contribution in [1.29, 1.82) is 0 Å². The highest BCUT2D eigenvalue weighted by Crippen LogP contribution is 2.39. The van der Waals surface area contributed by atoms with E-state index in [1.807, 2.05) is 0 Å². The summed E-state index contributed by atoms with van der Waals surface area (Å²) in [4.78, 5) is 10.2. The van der Waals surface area contributed by atoms with Crippen LogP contribution in [0.25, 0.3) is 35.4 Å². The third-order valence-corrected chi connectivity index (χ3v) is 8.22. The summed E-state index contributed by atoms with van der Waals surface area (Å²) < 4.78 is 2.44. The molecular formula is C32H28N2S. The minimum atomic E-state index is 0.965. The molecule has 0 atom stereocenters. The fourth-order valence-corrected chi connectivity index (χ4v) is 6.25. The van der Waals surface area contributed by atoms with Crippen molar-refractivity contribution in [1.82, 2.24) is 0 Å². The lowest BCUT2D eigenvalue weighted by Gasteiger charge is -2.03. The maximum atomic E-state index is 5.12. The lowest BCUT2D eigenvalue weighted by Crippen LogP contribution is -2.02. The molecule has 3 heteroatoms. The monoisotopic (exact) mass is 472 g/mol. The van der Waals surface area contributed by atoms with E-state index >= 15 is 0 Å². The lowest BCUT2D eigenvalue weighted by molar-refractivity contribution is 1.10. The van der Waals surface area contributed by atoms with Gasteiger partial charge in [0.1, 0.15) is 0 Å². The van der Waals surface area contributed by atoms with Gasteiger partial charge in [-0.1, -0.05) is 44.2 Å². The van der Waals surface area contributed by atoms with Crippen LogP contribution in [0.15, 0.2) is 92.2 Å². The van der Waals surface area contributed by atoms with Gasteiger partial charge >= 0.3 is 0 Å². The fourth-order valence-electron chi connectivity index (χ4n) is 5.37. The van der Waals surface area contributed by atoms with Crippen molar-refractivity contribution in [2.24, 2.45) is 9.98 Å². The molecule has 0 spiro atoms. The third-order valence-electron chi connectivity index (χ3n) is 7.24. The van der Waals surface area contributed by atoms with E-state index < -0.39 is 0 Å². The van der Waals surface area contributed by atoms with Gasteiger partial charge in [0.05, 0.1) is 22.8 Å². The summed E-state index contributed by atoms with van der Waals surface area (Å²) in [5.41, 5.74) is 14.4. The zero-order valence-electron chi connectivity index (χ0n) is 20.6. The van der Waals surface area contributed by atoms with Crippen molar-refractivity contribution in [3.63, 3.8) is 0 Å². The Kier molecular flexibility index (Phi) is 5.38. The summed E-state index contributed by atoms with van der Waals surface area (Å²) in [7, 11) is 0. The molecule has 0 unspecified atom stereocenters. The largest absolute Gasteiger partial charge is 0.248 e. The van der Waals surface area contributed by atoms with Crippen LogP contribution in [0.3, 0.4) is 0 Å². The molecule has 3 aliphatic heterocycles. The molecule has 1 aromatic rings. The molecule has 172 valence electrons. The summed E-state index contributed by atoms with van der Waals surface area (Å²) >= 11 is 1.79. The normalized spacial score (nSPS) is 17.1. The van der Waals surface area contributed by atoms with E-state index in [2.05, 4.69) is 101 Å². The summed E-state index contributed by atoms with van der Waals surface area (Å²) in [5, 5.41) is 0. The highest BCUT2D eigenvalue weighted by atomic mass is 32.1. The van der Waals surface area contributed by atoms with Crippen molar-refractivity contribution >= 4 is 47.1 Å². The predicted octanol–water partition coefficient (Wildman–Crippen LogP) is 7.17. The van der Waals surface area contributed by atoms with Crippen LogP contribution in [0, 0.1) is 0 Å². The van der Waals surface area contributed by atoms with E-state index in [-0.39, 0.29) is 0 Å². The first kappa shape index (κ1) is 21.9. The molecule has 0 saturated carbocycles. The van der Waals surface area contributed by atoms with Gasteiger partial charge in [0.25, 0.3) is 0 Å². The van der Waals surface area contributed by atoms with Crippen molar-refractivity contribution in [2.75, 3.05) is 0 Å². The smallest absolute Gasteiger partial charge is 0.0683 e. The van der Waals surface area contributed by atoms with E-state index in [1.165, 1.54) is 53.6 Å². The Balaban J connectivity index is 1.69. The minimum absolute atomic E-state index is 0.965. The zero-order chi connectivity index (χ0) is 24.1. The predicted molar refractivity (Wildman–Crippen MR) is 152 cm³/mol. The molecule has 0 aromatic carbocycles. The topological polar surface area (TPSA) is 24.7 Å². The zero-order valence-corrected chi connectivity index (χ0v) is 21.5. The summed E-state index contributed by atoms with van der Waals surface area (Å²) in [6.45, 7) is 8.86. The minimum Gasteiger partial charge on any atom is -0.248 e. The van der Waals surface area contributed by atoms with Crippen LogP contribution in [0.2, 0.25) is 0 Å². The maximum absolute atomic E-state index is 5.12. The summed E-state index contributed by atoms with van der Waals surface area (Å²) in [6.07, 6.45) is 10.9. The highest BCUT2D eigenvalue weighted by Gasteiger charge is 2.22. The Labute approximate surface area is 210 Å². The number of rotatable bonds is 2. The molecule has 2 aliphatic carbocycles. The molecule has 6 rings (SSSR count). The standard InChI is InChI=1S/C32H28N2S/c1-5-25-19(3)29-17-23-12-13-24(35-23)18-30-20(4)26(6-2)32(34-30)16-22-14-21(15-31(25)33-29)27-10-8-7-9-11-28(22)27/h7-18H,5-6H2,1-4H3. The van der Waals surface area contributed by atoms with Crippen molar-refractivity contribution in [3.05, 3.63) is 102 Å². The molecule has 0 radical (unpaired) electrons. The van der Waals surface area contributed by atoms with Gasteiger partial charge in [-0.3, -0.25) is 0 Å². The SMILES string of the molecule is CCC1=C(C)C2=NC1=Cc1cc(c3cccccc1-3)C=C1N=C(C=c3ccc(s3)=C2)C(C)=C1CC. The number of fused-ring (bicyclic) bond motifs is 9. The van der Waals surface area contributed by atoms with Crippen molar-refractivity contribution in [2.45, 2.75) is 40.5 Å². The highest BCUT2D eigenvalue weighted by molar-refractivity contribution is 7.08. The van der Waals surface area contributed by atoms with Gasteiger partial charge in [0, 0.05) is 9.06 Å². The molecule has 35 heavy (non-hydrogen) atoms. The first-order chi connectivity index (χ1) is 17.1. The van der Waals surface area contributed by atoms with Gasteiger partial charge < -0.3 is 0 Å². The van der Waals surface area contributed by atoms with E-state index in [0.29, 0.717) is 0 Å². The number of nitrogens with zero attached hydrogens (tertiary/aromatic N) is 2. The van der Waals surface area contributed by atoms with Gasteiger partial charge in [-0.2, -0.15) is 0 Å². The molecule has 2 nitrogen and oxygen atoms in total. The second-order valence-electron chi connectivity index (χ2n) is 9.29. The molecular weight excluding hydrogens is 444 g/mol. The number of allylic oxidation sites excluding steroid dienone is 4. The van der Waals surface area contributed by atoms with Gasteiger partial charge in [-0.15, -0.1) is 11.3 Å². The Morgan fingerprint density at radius 3 is 1.57 bits per heavy atom. The lowest BCUT2D eigenvalue weighted by atomic mass is 10.0. The first-order valence-corrected chi connectivity index (χ1v) is 13.2. The van der Waals surface area contributed by atoms with Gasteiger partial charge in [-0.25, -0.2) is 9.98 Å². The number of aliphatic imine (C=N–C) groups is 2. The van der Waals surface area contributed by atoms with Gasteiger partial charge in [0.2, 0.25) is 0 Å². The van der Waals surface area contributed by atoms with Gasteiger partial charge in [-0.05, 0) is 114 Å². The summed E-state index contributed by atoms with van der Waals surface area (Å²) in [5.74, 6) is 0. The molecule has 1 aromatic heterocycles. The molecule has 8 bridgehead atoms. The fraction of sp³-hybridized carbons (Fsp3) is 0.188. The first-order valence-electron chi connectivity index (χ1n) is 12.4. The average Bonchev–Trinajstić information content (AvgIpc) is 3.51. The number of hydrogen-bond donors (Lipinski definition) is 0. The van der Waals surface area contributed by atoms with E-state index in [1.54, 1.807) is 11.3 Å². The number of thiophene rings is 1. The molecule has 0 fully saturated rings. The molecule has 0 saturated heterocycles. The van der Waals surface area contributed by atoms with Gasteiger partial charge in [0.15, 0.2) is 0 Å². The van der Waals surface area contributed by atoms with E-state index in [4.69, 9.17) is 9.98 Å². The number of hydrogen-bond acceptors (Lipinski definition) is 3. The second-order valence-corrected chi connectivity index (χ2v) is 10.4. The maximum Gasteiger partial charge on any atom is 0.0683 e. The van der Waals surface area contributed by atoms with Crippen LogP contribution < -0.4 is 9.06 Å². The summed E-state index contributed by atoms with van der Waals surface area (Å²) in [6, 6.07) is 17.5. The van der Waals surface area contributed by atoms with Crippen LogP contribution in [0.5, 0.6) is 0 Å². The average molecular weight is 473 g/mol. The van der Waals surface area contributed by atoms with Crippen LogP contribution >= 0.6 is 11.3 Å². The second kappa shape index (κ2) is 8.58. The Morgan fingerprint density at radius 1 is 0.629 bits per heavy atom.